The van der Waals surface area contributed by atoms with Crippen molar-refractivity contribution in [2.24, 2.45) is 0 Å². The van der Waals surface area contributed by atoms with Crippen LogP contribution in [-0.4, -0.2) is 15.1 Å². The Morgan fingerprint density at radius 2 is 1.93 bits per heavy atom. The van der Waals surface area contributed by atoms with E-state index in [0.29, 0.717) is 11.3 Å². The molecule has 1 aromatic carbocycles. The summed E-state index contributed by atoms with van der Waals surface area (Å²) < 4.78 is 0.237. The van der Waals surface area contributed by atoms with Gasteiger partial charge in [-0.1, -0.05) is 12.1 Å². The predicted octanol–water partition coefficient (Wildman–Crippen LogP) is 1.81. The van der Waals surface area contributed by atoms with Crippen LogP contribution in [0.25, 0.3) is 11.3 Å². The van der Waals surface area contributed by atoms with Gasteiger partial charge in [-0.2, -0.15) is 0 Å². The molecule has 5 heteroatoms. The summed E-state index contributed by atoms with van der Waals surface area (Å²) in [6.07, 6.45) is 0. The quantitative estimate of drug-likeness (QED) is 0.642. The van der Waals surface area contributed by atoms with E-state index in [1.165, 1.54) is 6.07 Å². The Balaban J connectivity index is 2.70. The van der Waals surface area contributed by atoms with Crippen LogP contribution < -0.4 is 5.56 Å². The molecular weight excluding hydrogens is 212 g/mol. The van der Waals surface area contributed by atoms with Crippen LogP contribution in [0, 0.1) is 4.77 Å². The molecule has 0 saturated heterocycles. The highest BCUT2D eigenvalue weighted by Gasteiger charge is 2.03. The molecule has 0 atom stereocenters. The van der Waals surface area contributed by atoms with E-state index in [-0.39, 0.29) is 16.1 Å². The van der Waals surface area contributed by atoms with Gasteiger partial charge in [0.2, 0.25) is 0 Å². The molecule has 1 aromatic heterocycles. The number of aromatic hydroxyl groups is 1. The summed E-state index contributed by atoms with van der Waals surface area (Å²) in [6.45, 7) is 0. The van der Waals surface area contributed by atoms with Gasteiger partial charge in [-0.25, -0.2) is 0 Å². The standard InChI is InChI=1S/C10H8N2O2S/c13-8-4-2-1-3-6(8)7-5-9(14)12-10(15)11-7/h1-5,13H,(H2,11,12,14,15). The van der Waals surface area contributed by atoms with Crippen molar-refractivity contribution in [2.45, 2.75) is 0 Å². The Labute approximate surface area is 90.2 Å². The summed E-state index contributed by atoms with van der Waals surface area (Å²) >= 11 is 4.84. The number of phenols is 1. The van der Waals surface area contributed by atoms with E-state index < -0.39 is 0 Å². The number of hydrogen-bond donors (Lipinski definition) is 3. The molecule has 0 amide bonds. The Morgan fingerprint density at radius 3 is 2.60 bits per heavy atom. The van der Waals surface area contributed by atoms with Crippen LogP contribution in [0.3, 0.4) is 0 Å². The number of aromatic nitrogens is 2. The lowest BCUT2D eigenvalue weighted by molar-refractivity contribution is 0.477. The van der Waals surface area contributed by atoms with Crippen molar-refractivity contribution in [3.05, 3.63) is 45.5 Å². The molecule has 3 N–H and O–H groups in total. The van der Waals surface area contributed by atoms with Crippen molar-refractivity contribution in [1.82, 2.24) is 9.97 Å². The Hall–Kier alpha value is -1.88. The number of rotatable bonds is 1. The molecule has 0 aliphatic carbocycles. The van der Waals surface area contributed by atoms with Crippen molar-refractivity contribution < 1.29 is 5.11 Å². The first-order chi connectivity index (χ1) is 7.16. The van der Waals surface area contributed by atoms with Crippen molar-refractivity contribution in [3.63, 3.8) is 0 Å². The SMILES string of the molecule is O=c1cc(-c2ccccc2O)[nH]c(=S)[nH]1. The average molecular weight is 220 g/mol. The molecule has 0 aliphatic heterocycles. The van der Waals surface area contributed by atoms with Crippen LogP contribution in [-0.2, 0) is 0 Å². The summed E-state index contributed by atoms with van der Waals surface area (Å²) in [7, 11) is 0. The van der Waals surface area contributed by atoms with Gasteiger partial charge in [0.15, 0.2) is 4.77 Å². The van der Waals surface area contributed by atoms with Gasteiger partial charge >= 0.3 is 0 Å². The zero-order valence-electron chi connectivity index (χ0n) is 7.65. The van der Waals surface area contributed by atoms with Crippen molar-refractivity contribution in [1.29, 1.82) is 0 Å². The van der Waals surface area contributed by atoms with Crippen LogP contribution in [0.2, 0.25) is 0 Å². The Kier molecular flexibility index (Phi) is 2.39. The fourth-order valence-electron chi connectivity index (χ4n) is 1.32. The molecule has 0 radical (unpaired) electrons. The van der Waals surface area contributed by atoms with Crippen LogP contribution in [0.4, 0.5) is 0 Å². The lowest BCUT2D eigenvalue weighted by Crippen LogP contribution is -2.06. The summed E-state index contributed by atoms with van der Waals surface area (Å²) in [5, 5.41) is 9.58. The van der Waals surface area contributed by atoms with Gasteiger partial charge < -0.3 is 10.1 Å². The zero-order valence-corrected chi connectivity index (χ0v) is 8.47. The van der Waals surface area contributed by atoms with Crippen molar-refractivity contribution in [2.75, 3.05) is 0 Å². The number of para-hydroxylation sites is 1. The van der Waals surface area contributed by atoms with Gasteiger partial charge in [-0.05, 0) is 24.4 Å². The summed E-state index contributed by atoms with van der Waals surface area (Å²) in [5.74, 6) is 0.105. The molecule has 0 unspecified atom stereocenters. The Bertz CT molecular complexity index is 572. The highest BCUT2D eigenvalue weighted by molar-refractivity contribution is 7.71. The lowest BCUT2D eigenvalue weighted by atomic mass is 10.1. The minimum absolute atomic E-state index is 0.105. The smallest absolute Gasteiger partial charge is 0.252 e. The van der Waals surface area contributed by atoms with E-state index >= 15 is 0 Å². The highest BCUT2D eigenvalue weighted by Crippen LogP contribution is 2.25. The van der Waals surface area contributed by atoms with E-state index in [4.69, 9.17) is 12.2 Å². The fraction of sp³-hybridized carbons (Fsp3) is 0. The van der Waals surface area contributed by atoms with E-state index in [1.807, 2.05) is 0 Å². The maximum Gasteiger partial charge on any atom is 0.252 e. The van der Waals surface area contributed by atoms with E-state index in [2.05, 4.69) is 9.97 Å². The lowest BCUT2D eigenvalue weighted by Gasteiger charge is -2.03. The first kappa shape index (κ1) is 9.67. The molecule has 0 aliphatic rings. The molecule has 1 heterocycles. The number of hydrogen-bond acceptors (Lipinski definition) is 3. The molecule has 0 spiro atoms. The maximum atomic E-state index is 11.2. The predicted molar refractivity (Wildman–Crippen MR) is 59.3 cm³/mol. The van der Waals surface area contributed by atoms with Crippen LogP contribution in [0.15, 0.2) is 35.1 Å². The minimum Gasteiger partial charge on any atom is -0.507 e. The molecule has 76 valence electrons. The molecule has 15 heavy (non-hydrogen) atoms. The second-order valence-corrected chi connectivity index (χ2v) is 3.43. The third-order valence-corrected chi connectivity index (χ3v) is 2.16. The van der Waals surface area contributed by atoms with Crippen LogP contribution in [0.5, 0.6) is 5.75 Å². The minimum atomic E-state index is -0.294. The molecule has 4 nitrogen and oxygen atoms in total. The van der Waals surface area contributed by atoms with Gasteiger partial charge in [-0.3, -0.25) is 9.78 Å². The second-order valence-electron chi connectivity index (χ2n) is 3.02. The monoisotopic (exact) mass is 220 g/mol. The van der Waals surface area contributed by atoms with Gasteiger partial charge in [0, 0.05) is 11.6 Å². The summed E-state index contributed by atoms with van der Waals surface area (Å²) in [5.41, 5.74) is 0.758. The van der Waals surface area contributed by atoms with Gasteiger partial charge in [0.1, 0.15) is 5.75 Å². The first-order valence-electron chi connectivity index (χ1n) is 4.29. The molecule has 2 rings (SSSR count). The van der Waals surface area contributed by atoms with Gasteiger partial charge in [-0.15, -0.1) is 0 Å². The average Bonchev–Trinajstić information content (AvgIpc) is 2.16. The van der Waals surface area contributed by atoms with Gasteiger partial charge in [0.05, 0.1) is 5.69 Å². The third kappa shape index (κ3) is 1.97. The highest BCUT2D eigenvalue weighted by atomic mass is 32.1. The maximum absolute atomic E-state index is 11.2. The number of H-pyrrole nitrogens is 2. The molecular formula is C10H8N2O2S. The zero-order chi connectivity index (χ0) is 10.8. The van der Waals surface area contributed by atoms with Gasteiger partial charge in [0.25, 0.3) is 5.56 Å². The summed E-state index contributed by atoms with van der Waals surface area (Å²) in [4.78, 5) is 16.4. The van der Waals surface area contributed by atoms with E-state index in [9.17, 15) is 9.90 Å². The van der Waals surface area contributed by atoms with E-state index in [0.717, 1.165) is 0 Å². The fourth-order valence-corrected chi connectivity index (χ4v) is 1.53. The second kappa shape index (κ2) is 3.70. The molecule has 0 fully saturated rings. The molecule has 2 aromatic rings. The normalized spacial score (nSPS) is 10.1. The van der Waals surface area contributed by atoms with E-state index in [1.54, 1.807) is 24.3 Å². The third-order valence-electron chi connectivity index (χ3n) is 1.95. The summed E-state index contributed by atoms with van der Waals surface area (Å²) in [6, 6.07) is 8.08. The van der Waals surface area contributed by atoms with Crippen LogP contribution >= 0.6 is 12.2 Å². The van der Waals surface area contributed by atoms with Crippen molar-refractivity contribution >= 4 is 12.2 Å². The number of aromatic amines is 2. The molecule has 0 saturated carbocycles. The van der Waals surface area contributed by atoms with Crippen molar-refractivity contribution in [3.8, 4) is 17.0 Å². The topological polar surface area (TPSA) is 68.9 Å². The molecule has 0 bridgehead atoms. The number of phenolic OH excluding ortho intramolecular Hbond substituents is 1. The van der Waals surface area contributed by atoms with Crippen LogP contribution in [0.1, 0.15) is 0 Å². The first-order valence-corrected chi connectivity index (χ1v) is 4.69. The Morgan fingerprint density at radius 1 is 1.20 bits per heavy atom. The number of nitrogens with one attached hydrogen (secondary N) is 2. The largest absolute Gasteiger partial charge is 0.507 e. The number of benzene rings is 1.